The number of fused-ring (bicyclic) bond motifs is 1. The molecule has 31 heavy (non-hydrogen) atoms. The van der Waals surface area contributed by atoms with E-state index in [2.05, 4.69) is 10.6 Å². The van der Waals surface area contributed by atoms with E-state index in [1.165, 1.54) is 46.4 Å². The maximum absolute atomic E-state index is 13.1. The minimum absolute atomic E-state index is 0.121. The monoisotopic (exact) mass is 463 g/mol. The average molecular weight is 464 g/mol. The Morgan fingerprint density at radius 2 is 1.84 bits per heavy atom. The van der Waals surface area contributed by atoms with Gasteiger partial charge in [-0.05, 0) is 62.2 Å². The highest BCUT2D eigenvalue weighted by Crippen LogP contribution is 2.37. The van der Waals surface area contributed by atoms with E-state index in [0.29, 0.717) is 24.2 Å². The number of rotatable bonds is 4. The molecule has 2 N–H and O–H groups in total. The second-order valence-corrected chi connectivity index (χ2v) is 10.9. The molecule has 0 spiro atoms. The Morgan fingerprint density at radius 3 is 2.52 bits per heavy atom. The third-order valence-corrected chi connectivity index (χ3v) is 8.53. The number of nitrogens with zero attached hydrogens (tertiary/aromatic N) is 1. The molecule has 2 aliphatic rings. The molecule has 0 bridgehead atoms. The van der Waals surface area contributed by atoms with Gasteiger partial charge in [-0.3, -0.25) is 9.59 Å². The summed E-state index contributed by atoms with van der Waals surface area (Å²) in [5.41, 5.74) is 1.01. The van der Waals surface area contributed by atoms with E-state index in [-0.39, 0.29) is 46.8 Å². The SMILES string of the molecule is CC1Sc2ccc(S(=O)(=O)N3CCC(C(=O)Nc4ccc(F)cc4)CC3)cc2NC1=O. The third kappa shape index (κ3) is 4.60. The molecule has 7 nitrogen and oxygen atoms in total. The number of carbonyl (C=O) groups is 2. The van der Waals surface area contributed by atoms with Crippen molar-refractivity contribution in [1.29, 1.82) is 0 Å². The van der Waals surface area contributed by atoms with Crippen molar-refractivity contribution in [1.82, 2.24) is 4.31 Å². The fourth-order valence-electron chi connectivity index (χ4n) is 3.63. The number of carbonyl (C=O) groups excluding carboxylic acids is 2. The van der Waals surface area contributed by atoms with Gasteiger partial charge in [-0.1, -0.05) is 0 Å². The van der Waals surface area contributed by atoms with E-state index in [0.717, 1.165) is 4.90 Å². The zero-order valence-corrected chi connectivity index (χ0v) is 18.4. The van der Waals surface area contributed by atoms with Crippen molar-refractivity contribution >= 4 is 45.0 Å². The van der Waals surface area contributed by atoms with Gasteiger partial charge in [0.25, 0.3) is 0 Å². The van der Waals surface area contributed by atoms with Crippen molar-refractivity contribution in [3.05, 3.63) is 48.3 Å². The summed E-state index contributed by atoms with van der Waals surface area (Å²) in [6.07, 6.45) is 0.780. The lowest BCUT2D eigenvalue weighted by atomic mass is 9.97. The van der Waals surface area contributed by atoms with Gasteiger partial charge in [0.05, 0.1) is 15.8 Å². The number of hydrogen-bond acceptors (Lipinski definition) is 5. The molecule has 2 aliphatic heterocycles. The van der Waals surface area contributed by atoms with Crippen molar-refractivity contribution in [2.45, 2.75) is 34.8 Å². The molecule has 2 amide bonds. The molecule has 1 saturated heterocycles. The summed E-state index contributed by atoms with van der Waals surface area (Å²) in [6, 6.07) is 10.3. The first-order valence-corrected chi connectivity index (χ1v) is 12.2. The Hall–Kier alpha value is -2.43. The second-order valence-electron chi connectivity index (χ2n) is 7.58. The highest BCUT2D eigenvalue weighted by molar-refractivity contribution is 8.01. The largest absolute Gasteiger partial charge is 0.326 e. The van der Waals surface area contributed by atoms with Crippen LogP contribution in [0.15, 0.2) is 52.3 Å². The zero-order valence-electron chi connectivity index (χ0n) is 16.8. The topological polar surface area (TPSA) is 95.6 Å². The van der Waals surface area contributed by atoms with Crippen LogP contribution < -0.4 is 10.6 Å². The van der Waals surface area contributed by atoms with Crippen LogP contribution in [0, 0.1) is 11.7 Å². The summed E-state index contributed by atoms with van der Waals surface area (Å²) >= 11 is 1.39. The lowest BCUT2D eigenvalue weighted by Gasteiger charge is -2.31. The van der Waals surface area contributed by atoms with Crippen LogP contribution in [0.3, 0.4) is 0 Å². The van der Waals surface area contributed by atoms with Crippen LogP contribution in [-0.4, -0.2) is 42.9 Å². The lowest BCUT2D eigenvalue weighted by molar-refractivity contribution is -0.121. The van der Waals surface area contributed by atoms with Gasteiger partial charge in [0.2, 0.25) is 21.8 Å². The maximum Gasteiger partial charge on any atom is 0.243 e. The standard InChI is InChI=1S/C21H22FN3O4S2/c1-13-20(26)24-18-12-17(6-7-19(18)30-13)31(28,29)25-10-8-14(9-11-25)21(27)23-16-4-2-15(22)3-5-16/h2-7,12-14H,8-11H2,1H3,(H,23,27)(H,24,26). The number of anilines is 2. The summed E-state index contributed by atoms with van der Waals surface area (Å²) in [7, 11) is -3.74. The molecule has 4 rings (SSSR count). The second kappa shape index (κ2) is 8.60. The molecule has 164 valence electrons. The Labute approximate surface area is 184 Å². The first-order chi connectivity index (χ1) is 14.7. The molecule has 0 radical (unpaired) electrons. The Balaban J connectivity index is 1.41. The molecule has 2 heterocycles. The molecule has 0 aliphatic carbocycles. The first kappa shape index (κ1) is 21.8. The van der Waals surface area contributed by atoms with E-state index in [1.807, 2.05) is 0 Å². The number of amides is 2. The number of thioether (sulfide) groups is 1. The van der Waals surface area contributed by atoms with Gasteiger partial charge in [0.15, 0.2) is 0 Å². The van der Waals surface area contributed by atoms with E-state index in [9.17, 15) is 22.4 Å². The molecule has 2 aromatic rings. The van der Waals surface area contributed by atoms with Gasteiger partial charge in [-0.25, -0.2) is 12.8 Å². The fraction of sp³-hybridized carbons (Fsp3) is 0.333. The van der Waals surface area contributed by atoms with Gasteiger partial charge in [0.1, 0.15) is 5.82 Å². The Morgan fingerprint density at radius 1 is 1.16 bits per heavy atom. The van der Waals surface area contributed by atoms with Crippen molar-refractivity contribution in [2.24, 2.45) is 5.92 Å². The first-order valence-electron chi connectivity index (χ1n) is 9.92. The summed E-state index contributed by atoms with van der Waals surface area (Å²) in [5.74, 6) is -1.06. The zero-order chi connectivity index (χ0) is 22.2. The number of nitrogens with one attached hydrogen (secondary N) is 2. The van der Waals surface area contributed by atoms with Crippen LogP contribution in [0.5, 0.6) is 0 Å². The molecular formula is C21H22FN3O4S2. The fourth-order valence-corrected chi connectivity index (χ4v) is 6.06. The van der Waals surface area contributed by atoms with Crippen LogP contribution in [0.4, 0.5) is 15.8 Å². The summed E-state index contributed by atoms with van der Waals surface area (Å²) in [4.78, 5) is 25.4. The molecule has 1 fully saturated rings. The van der Waals surface area contributed by atoms with Crippen LogP contribution in [0.1, 0.15) is 19.8 Å². The minimum atomic E-state index is -3.74. The van der Waals surface area contributed by atoms with E-state index >= 15 is 0 Å². The maximum atomic E-state index is 13.1. The van der Waals surface area contributed by atoms with Crippen molar-refractivity contribution < 1.29 is 22.4 Å². The molecule has 0 aromatic heterocycles. The van der Waals surface area contributed by atoms with Crippen LogP contribution in [-0.2, 0) is 19.6 Å². The van der Waals surface area contributed by atoms with Gasteiger partial charge >= 0.3 is 0 Å². The average Bonchev–Trinajstić information content (AvgIpc) is 2.76. The van der Waals surface area contributed by atoms with Gasteiger partial charge < -0.3 is 10.6 Å². The predicted octanol–water partition coefficient (Wildman–Crippen LogP) is 3.30. The number of piperidine rings is 1. The van der Waals surface area contributed by atoms with Gasteiger partial charge in [-0.15, -0.1) is 11.8 Å². The minimum Gasteiger partial charge on any atom is -0.326 e. The van der Waals surface area contributed by atoms with Crippen LogP contribution >= 0.6 is 11.8 Å². The number of hydrogen-bond donors (Lipinski definition) is 2. The van der Waals surface area contributed by atoms with Gasteiger partial charge in [0, 0.05) is 29.6 Å². The molecule has 0 saturated carbocycles. The third-order valence-electron chi connectivity index (χ3n) is 5.46. The normalized spacial score (nSPS) is 20.1. The highest BCUT2D eigenvalue weighted by Gasteiger charge is 2.33. The van der Waals surface area contributed by atoms with E-state index < -0.39 is 10.0 Å². The quantitative estimate of drug-likeness (QED) is 0.726. The summed E-state index contributed by atoms with van der Waals surface area (Å²) < 4.78 is 40.6. The van der Waals surface area contributed by atoms with Crippen molar-refractivity contribution in [2.75, 3.05) is 23.7 Å². The Kier molecular flexibility index (Phi) is 6.05. The molecule has 2 aromatic carbocycles. The summed E-state index contributed by atoms with van der Waals surface area (Å²) in [6.45, 7) is 2.24. The van der Waals surface area contributed by atoms with E-state index in [4.69, 9.17) is 0 Å². The van der Waals surface area contributed by atoms with Crippen LogP contribution in [0.25, 0.3) is 0 Å². The van der Waals surface area contributed by atoms with Gasteiger partial charge in [-0.2, -0.15) is 4.31 Å². The summed E-state index contributed by atoms with van der Waals surface area (Å²) in [5, 5.41) is 5.28. The van der Waals surface area contributed by atoms with E-state index in [1.54, 1.807) is 19.1 Å². The smallest absolute Gasteiger partial charge is 0.243 e. The Bertz CT molecular complexity index is 1110. The predicted molar refractivity (Wildman–Crippen MR) is 117 cm³/mol. The lowest BCUT2D eigenvalue weighted by Crippen LogP contribution is -2.41. The van der Waals surface area contributed by atoms with Crippen LogP contribution in [0.2, 0.25) is 0 Å². The van der Waals surface area contributed by atoms with Crippen molar-refractivity contribution in [3.63, 3.8) is 0 Å². The number of halogens is 1. The molecule has 10 heteroatoms. The molecular weight excluding hydrogens is 441 g/mol. The highest BCUT2D eigenvalue weighted by atomic mass is 32.2. The number of benzene rings is 2. The number of sulfonamides is 1. The molecule has 1 unspecified atom stereocenters. The molecule has 1 atom stereocenters. The van der Waals surface area contributed by atoms with Crippen molar-refractivity contribution in [3.8, 4) is 0 Å².